The number of nitrogens with zero attached hydrogens (tertiary/aromatic N) is 1. The summed E-state index contributed by atoms with van der Waals surface area (Å²) in [5.74, 6) is 0. The summed E-state index contributed by atoms with van der Waals surface area (Å²) in [7, 11) is -3.66. The molecule has 0 radical (unpaired) electrons. The molecule has 0 N–H and O–H groups in total. The van der Waals surface area contributed by atoms with E-state index in [1.807, 2.05) is 0 Å². The van der Waals surface area contributed by atoms with Gasteiger partial charge in [0.2, 0.25) is 0 Å². The Hall–Kier alpha value is -0.940. The molecule has 0 atom stereocenters. The van der Waals surface area contributed by atoms with Gasteiger partial charge in [0.05, 0.1) is 6.61 Å². The van der Waals surface area contributed by atoms with Crippen molar-refractivity contribution in [3.8, 4) is 0 Å². The molecule has 24 heavy (non-hydrogen) atoms. The van der Waals surface area contributed by atoms with Gasteiger partial charge in [0, 0.05) is 12.1 Å². The predicted octanol–water partition coefficient (Wildman–Crippen LogP) is 4.78. The minimum absolute atomic E-state index is 0.266. The van der Waals surface area contributed by atoms with Gasteiger partial charge < -0.3 is 0 Å². The van der Waals surface area contributed by atoms with Crippen LogP contribution in [-0.2, 0) is 14.5 Å². The molecule has 0 fully saturated rings. The third-order valence-corrected chi connectivity index (χ3v) is 5.40. The molecular formula is C19H34NO3S+. The fraction of sp³-hybridized carbons (Fsp3) is 0.737. The van der Waals surface area contributed by atoms with Crippen molar-refractivity contribution < 1.29 is 16.6 Å². The predicted molar refractivity (Wildman–Crippen MR) is 98.0 cm³/mol. The van der Waals surface area contributed by atoms with Crippen molar-refractivity contribution in [2.75, 3.05) is 6.61 Å². The highest BCUT2D eigenvalue weighted by Crippen LogP contribution is 2.12. The van der Waals surface area contributed by atoms with Crippen LogP contribution in [0.15, 0.2) is 30.6 Å². The van der Waals surface area contributed by atoms with E-state index in [1.54, 1.807) is 18.2 Å². The van der Waals surface area contributed by atoms with Crippen LogP contribution < -0.4 is 3.97 Å². The van der Waals surface area contributed by atoms with Crippen LogP contribution in [-0.4, -0.2) is 15.0 Å². The Morgan fingerprint density at radius 2 is 1.17 bits per heavy atom. The van der Waals surface area contributed by atoms with Crippen LogP contribution in [0.4, 0.5) is 0 Å². The van der Waals surface area contributed by atoms with Gasteiger partial charge in [-0.2, -0.15) is 0 Å². The second-order valence-electron chi connectivity index (χ2n) is 6.37. The van der Waals surface area contributed by atoms with Crippen LogP contribution in [0.2, 0.25) is 0 Å². The number of rotatable bonds is 15. The number of aromatic nitrogens is 1. The molecule has 0 aliphatic heterocycles. The summed E-state index contributed by atoms with van der Waals surface area (Å²) < 4.78 is 29.9. The lowest BCUT2D eigenvalue weighted by Crippen LogP contribution is -2.43. The van der Waals surface area contributed by atoms with Gasteiger partial charge in [-0.05, 0) is 6.42 Å². The zero-order valence-electron chi connectivity index (χ0n) is 15.2. The first-order chi connectivity index (χ1) is 11.7. The summed E-state index contributed by atoms with van der Waals surface area (Å²) in [6, 6.07) is 5.12. The number of unbranched alkanes of at least 4 members (excludes halogenated alkanes) is 11. The van der Waals surface area contributed by atoms with Gasteiger partial charge in [-0.1, -0.05) is 87.6 Å². The van der Waals surface area contributed by atoms with Crippen LogP contribution >= 0.6 is 0 Å². The SMILES string of the molecule is CCCCCCCCCCCCCCOS(=O)(=O)[n+]1ccccc1. The summed E-state index contributed by atoms with van der Waals surface area (Å²) in [4.78, 5) is 0. The average Bonchev–Trinajstić information content (AvgIpc) is 2.60. The van der Waals surface area contributed by atoms with E-state index in [-0.39, 0.29) is 6.61 Å². The fourth-order valence-corrected chi connectivity index (χ4v) is 3.59. The first-order valence-corrected chi connectivity index (χ1v) is 10.9. The highest BCUT2D eigenvalue weighted by Gasteiger charge is 2.21. The summed E-state index contributed by atoms with van der Waals surface area (Å²) in [6.07, 6.45) is 18.0. The lowest BCUT2D eigenvalue weighted by Gasteiger charge is -2.03. The molecule has 0 unspecified atom stereocenters. The van der Waals surface area contributed by atoms with Crippen molar-refractivity contribution in [2.45, 2.75) is 84.0 Å². The molecule has 1 aromatic heterocycles. The van der Waals surface area contributed by atoms with Gasteiger partial charge in [-0.15, -0.1) is 8.42 Å². The van der Waals surface area contributed by atoms with E-state index in [0.717, 1.165) is 23.2 Å². The van der Waals surface area contributed by atoms with Gasteiger partial charge in [0.25, 0.3) is 0 Å². The van der Waals surface area contributed by atoms with E-state index in [2.05, 4.69) is 6.92 Å². The Kier molecular flexibility index (Phi) is 11.7. The third-order valence-electron chi connectivity index (χ3n) is 4.18. The lowest BCUT2D eigenvalue weighted by molar-refractivity contribution is -0.520. The Balaban J connectivity index is 1.92. The maximum absolute atomic E-state index is 11.9. The van der Waals surface area contributed by atoms with Gasteiger partial charge in [0.1, 0.15) is 0 Å². The van der Waals surface area contributed by atoms with Gasteiger partial charge in [-0.25, -0.2) is 4.18 Å². The maximum Gasteiger partial charge on any atom is 0.513 e. The van der Waals surface area contributed by atoms with Crippen LogP contribution in [0, 0.1) is 0 Å². The molecule has 0 aliphatic rings. The van der Waals surface area contributed by atoms with E-state index in [9.17, 15) is 8.42 Å². The van der Waals surface area contributed by atoms with E-state index in [0.29, 0.717) is 0 Å². The first-order valence-electron chi connectivity index (χ1n) is 9.53. The van der Waals surface area contributed by atoms with E-state index < -0.39 is 10.3 Å². The molecule has 0 aromatic carbocycles. The van der Waals surface area contributed by atoms with Crippen molar-refractivity contribution in [3.63, 3.8) is 0 Å². The number of pyridine rings is 1. The highest BCUT2D eigenvalue weighted by atomic mass is 32.2. The minimum Gasteiger partial charge on any atom is -0.218 e. The minimum atomic E-state index is -3.66. The number of hydrogen-bond donors (Lipinski definition) is 0. The molecule has 1 rings (SSSR count). The monoisotopic (exact) mass is 356 g/mol. The van der Waals surface area contributed by atoms with Crippen LogP contribution in [0.5, 0.6) is 0 Å². The van der Waals surface area contributed by atoms with Crippen molar-refractivity contribution >= 4 is 10.3 Å². The van der Waals surface area contributed by atoms with Gasteiger partial charge >= 0.3 is 10.3 Å². The average molecular weight is 357 g/mol. The normalized spacial score (nSPS) is 11.7. The highest BCUT2D eigenvalue weighted by molar-refractivity contribution is 7.80. The molecule has 0 saturated carbocycles. The molecule has 1 aromatic rings. The quantitative estimate of drug-likeness (QED) is 0.335. The molecule has 1 heterocycles. The fourth-order valence-electron chi connectivity index (χ4n) is 2.70. The molecule has 5 heteroatoms. The first kappa shape index (κ1) is 21.1. The van der Waals surface area contributed by atoms with Crippen LogP contribution in [0.25, 0.3) is 0 Å². The second kappa shape index (κ2) is 13.4. The Bertz CT molecular complexity index is 503. The molecule has 0 bridgehead atoms. The zero-order chi connectivity index (χ0) is 17.5. The largest absolute Gasteiger partial charge is 0.513 e. The molecule has 0 spiro atoms. The maximum atomic E-state index is 11.9. The second-order valence-corrected chi connectivity index (χ2v) is 7.89. The molecule has 4 nitrogen and oxygen atoms in total. The molecular weight excluding hydrogens is 322 g/mol. The molecule has 0 saturated heterocycles. The standard InChI is InChI=1S/C19H34NO3S/c1-2-3-4-5-6-7-8-9-10-11-12-16-19-23-24(21,22)20-17-14-13-15-18-20/h13-15,17-18H,2-12,16,19H2,1H3/q+1. The zero-order valence-corrected chi connectivity index (χ0v) is 16.0. The van der Waals surface area contributed by atoms with Gasteiger partial charge in [-0.3, -0.25) is 0 Å². The summed E-state index contributed by atoms with van der Waals surface area (Å²) in [5, 5.41) is 0. The van der Waals surface area contributed by atoms with Crippen molar-refractivity contribution in [3.05, 3.63) is 30.6 Å². The topological polar surface area (TPSA) is 47.3 Å². The summed E-state index contributed by atoms with van der Waals surface area (Å²) in [5.41, 5.74) is 0. The third kappa shape index (κ3) is 10.0. The summed E-state index contributed by atoms with van der Waals surface area (Å²) >= 11 is 0. The van der Waals surface area contributed by atoms with Gasteiger partial charge in [0.15, 0.2) is 12.4 Å². The van der Waals surface area contributed by atoms with Crippen molar-refractivity contribution in [1.29, 1.82) is 0 Å². The number of hydrogen-bond acceptors (Lipinski definition) is 3. The van der Waals surface area contributed by atoms with Crippen molar-refractivity contribution in [2.24, 2.45) is 0 Å². The Labute approximate surface area is 148 Å². The van der Waals surface area contributed by atoms with Crippen LogP contribution in [0.3, 0.4) is 0 Å². The molecule has 0 amide bonds. The smallest absolute Gasteiger partial charge is 0.218 e. The Morgan fingerprint density at radius 3 is 1.67 bits per heavy atom. The van der Waals surface area contributed by atoms with E-state index in [4.69, 9.17) is 4.18 Å². The molecule has 138 valence electrons. The van der Waals surface area contributed by atoms with E-state index >= 15 is 0 Å². The summed E-state index contributed by atoms with van der Waals surface area (Å²) in [6.45, 7) is 2.52. The Morgan fingerprint density at radius 1 is 0.708 bits per heavy atom. The van der Waals surface area contributed by atoms with E-state index in [1.165, 1.54) is 70.2 Å². The molecule has 0 aliphatic carbocycles. The van der Waals surface area contributed by atoms with Crippen molar-refractivity contribution in [1.82, 2.24) is 0 Å². The van der Waals surface area contributed by atoms with Crippen LogP contribution in [0.1, 0.15) is 84.0 Å². The lowest BCUT2D eigenvalue weighted by atomic mass is 10.1.